The van der Waals surface area contributed by atoms with Gasteiger partial charge in [0.25, 0.3) is 0 Å². The Balaban J connectivity index is 2.46. The third-order valence-electron chi connectivity index (χ3n) is 3.38. The SMILES string of the molecule is Cc1c(C(=O)O)cccc1S(=O)(=O)C1CCCOC1. The van der Waals surface area contributed by atoms with E-state index >= 15 is 0 Å². The molecule has 0 aromatic heterocycles. The lowest BCUT2D eigenvalue weighted by Gasteiger charge is -2.23. The minimum absolute atomic E-state index is 0.0257. The molecule has 2 rings (SSSR count). The third-order valence-corrected chi connectivity index (χ3v) is 5.68. The fourth-order valence-electron chi connectivity index (χ4n) is 2.29. The van der Waals surface area contributed by atoms with E-state index < -0.39 is 21.1 Å². The summed E-state index contributed by atoms with van der Waals surface area (Å²) < 4.78 is 30.2. The van der Waals surface area contributed by atoms with E-state index in [-0.39, 0.29) is 17.1 Å². The van der Waals surface area contributed by atoms with Crippen molar-refractivity contribution in [3.63, 3.8) is 0 Å². The van der Waals surface area contributed by atoms with Gasteiger partial charge < -0.3 is 9.84 Å². The van der Waals surface area contributed by atoms with Crippen LogP contribution in [0.1, 0.15) is 28.8 Å². The molecule has 0 spiro atoms. The largest absolute Gasteiger partial charge is 0.478 e. The average molecular weight is 284 g/mol. The highest BCUT2D eigenvalue weighted by Crippen LogP contribution is 2.26. The smallest absolute Gasteiger partial charge is 0.335 e. The van der Waals surface area contributed by atoms with E-state index in [1.165, 1.54) is 25.1 Å². The first kappa shape index (κ1) is 14.0. The normalized spacial score (nSPS) is 20.2. The molecule has 0 radical (unpaired) electrons. The van der Waals surface area contributed by atoms with Crippen LogP contribution in [0.3, 0.4) is 0 Å². The van der Waals surface area contributed by atoms with Crippen LogP contribution < -0.4 is 0 Å². The summed E-state index contributed by atoms with van der Waals surface area (Å²) in [7, 11) is -3.54. The molecular formula is C13H16O5S. The van der Waals surface area contributed by atoms with Crippen LogP contribution in [0.15, 0.2) is 23.1 Å². The van der Waals surface area contributed by atoms with E-state index in [2.05, 4.69) is 0 Å². The second kappa shape index (κ2) is 5.30. The molecule has 1 fully saturated rings. The number of carboxylic acid groups (broad SMARTS) is 1. The Morgan fingerprint density at radius 2 is 2.16 bits per heavy atom. The average Bonchev–Trinajstić information content (AvgIpc) is 2.39. The van der Waals surface area contributed by atoms with Gasteiger partial charge in [0.1, 0.15) is 0 Å². The van der Waals surface area contributed by atoms with Gasteiger partial charge >= 0.3 is 5.97 Å². The van der Waals surface area contributed by atoms with Crippen molar-refractivity contribution < 1.29 is 23.1 Å². The Bertz CT molecular complexity index is 585. The quantitative estimate of drug-likeness (QED) is 0.912. The molecule has 0 amide bonds. The number of carbonyl (C=O) groups is 1. The van der Waals surface area contributed by atoms with Gasteiger partial charge in [-0.25, -0.2) is 13.2 Å². The van der Waals surface area contributed by atoms with E-state index in [9.17, 15) is 13.2 Å². The highest BCUT2D eigenvalue weighted by molar-refractivity contribution is 7.92. The second-order valence-electron chi connectivity index (χ2n) is 4.62. The zero-order chi connectivity index (χ0) is 14.0. The van der Waals surface area contributed by atoms with Crippen LogP contribution in [0.25, 0.3) is 0 Å². The molecule has 1 aliphatic heterocycles. The van der Waals surface area contributed by atoms with Gasteiger partial charge in [0.15, 0.2) is 9.84 Å². The van der Waals surface area contributed by atoms with Crippen molar-refractivity contribution in [3.05, 3.63) is 29.3 Å². The molecule has 6 heteroatoms. The van der Waals surface area contributed by atoms with Crippen LogP contribution in [0.5, 0.6) is 0 Å². The van der Waals surface area contributed by atoms with Gasteiger partial charge in [-0.2, -0.15) is 0 Å². The van der Waals surface area contributed by atoms with Gasteiger partial charge in [0.05, 0.1) is 22.3 Å². The molecule has 1 aromatic carbocycles. The molecule has 0 saturated carbocycles. The fraction of sp³-hybridized carbons (Fsp3) is 0.462. The summed E-state index contributed by atoms with van der Waals surface area (Å²) in [5, 5.41) is 8.47. The molecule has 104 valence electrons. The van der Waals surface area contributed by atoms with Crippen LogP contribution in [-0.2, 0) is 14.6 Å². The van der Waals surface area contributed by atoms with Crippen LogP contribution in [0.2, 0.25) is 0 Å². The zero-order valence-electron chi connectivity index (χ0n) is 10.6. The molecule has 0 bridgehead atoms. The monoisotopic (exact) mass is 284 g/mol. The second-order valence-corrected chi connectivity index (χ2v) is 6.81. The number of hydrogen-bond donors (Lipinski definition) is 1. The standard InChI is InChI=1S/C13H16O5S/c1-9-11(13(14)15)5-2-6-12(9)19(16,17)10-4-3-7-18-8-10/h2,5-6,10H,3-4,7-8H2,1H3,(H,14,15). The van der Waals surface area contributed by atoms with Gasteiger partial charge in [0, 0.05) is 6.61 Å². The lowest BCUT2D eigenvalue weighted by Crippen LogP contribution is -2.31. The van der Waals surface area contributed by atoms with Crippen molar-refractivity contribution in [1.29, 1.82) is 0 Å². The summed E-state index contributed by atoms with van der Waals surface area (Å²) in [5.41, 5.74) is 0.318. The fourth-order valence-corrected chi connectivity index (χ4v) is 4.21. The number of carboxylic acids is 1. The van der Waals surface area contributed by atoms with Crippen molar-refractivity contribution in [2.75, 3.05) is 13.2 Å². The molecule has 1 aliphatic rings. The zero-order valence-corrected chi connectivity index (χ0v) is 11.4. The first-order valence-electron chi connectivity index (χ1n) is 6.09. The van der Waals surface area contributed by atoms with Gasteiger partial charge in [-0.1, -0.05) is 6.07 Å². The molecule has 1 heterocycles. The number of aromatic carboxylic acids is 1. The van der Waals surface area contributed by atoms with Crippen molar-refractivity contribution in [2.24, 2.45) is 0 Å². The molecular weight excluding hydrogens is 268 g/mol. The molecule has 0 aliphatic carbocycles. The maximum Gasteiger partial charge on any atom is 0.335 e. The van der Waals surface area contributed by atoms with Crippen molar-refractivity contribution in [1.82, 2.24) is 0 Å². The number of rotatable bonds is 3. The Kier molecular flexibility index (Phi) is 3.91. The van der Waals surface area contributed by atoms with Gasteiger partial charge in [0.2, 0.25) is 0 Å². The van der Waals surface area contributed by atoms with Crippen LogP contribution >= 0.6 is 0 Å². The topological polar surface area (TPSA) is 80.7 Å². The molecule has 1 N–H and O–H groups in total. The molecule has 1 unspecified atom stereocenters. The van der Waals surface area contributed by atoms with E-state index in [0.717, 1.165) is 0 Å². The Morgan fingerprint density at radius 1 is 1.42 bits per heavy atom. The van der Waals surface area contributed by atoms with Crippen molar-refractivity contribution >= 4 is 15.8 Å². The van der Waals surface area contributed by atoms with Gasteiger partial charge in [-0.05, 0) is 37.5 Å². The minimum atomic E-state index is -3.54. The van der Waals surface area contributed by atoms with E-state index in [0.29, 0.717) is 25.0 Å². The first-order valence-corrected chi connectivity index (χ1v) is 7.64. The maximum atomic E-state index is 12.5. The number of ether oxygens (including phenoxy) is 1. The Morgan fingerprint density at radius 3 is 2.74 bits per heavy atom. The minimum Gasteiger partial charge on any atom is -0.478 e. The van der Waals surface area contributed by atoms with E-state index in [1.807, 2.05) is 0 Å². The highest BCUT2D eigenvalue weighted by atomic mass is 32.2. The Hall–Kier alpha value is -1.40. The van der Waals surface area contributed by atoms with Gasteiger partial charge in [-0.15, -0.1) is 0 Å². The van der Waals surface area contributed by atoms with Crippen molar-refractivity contribution in [2.45, 2.75) is 29.9 Å². The van der Waals surface area contributed by atoms with E-state index in [4.69, 9.17) is 9.84 Å². The lowest BCUT2D eigenvalue weighted by atomic mass is 10.1. The number of sulfone groups is 1. The van der Waals surface area contributed by atoms with Crippen LogP contribution in [0.4, 0.5) is 0 Å². The summed E-state index contributed by atoms with van der Waals surface area (Å²) in [4.78, 5) is 11.2. The summed E-state index contributed by atoms with van der Waals surface area (Å²) >= 11 is 0. The summed E-state index contributed by atoms with van der Waals surface area (Å²) in [6.07, 6.45) is 1.26. The predicted molar refractivity (Wildman–Crippen MR) is 69.2 cm³/mol. The van der Waals surface area contributed by atoms with Gasteiger partial charge in [-0.3, -0.25) is 0 Å². The number of hydrogen-bond acceptors (Lipinski definition) is 4. The Labute approximate surface area is 112 Å². The lowest BCUT2D eigenvalue weighted by molar-refractivity contribution is 0.0696. The molecule has 5 nitrogen and oxygen atoms in total. The molecule has 1 atom stereocenters. The summed E-state index contributed by atoms with van der Waals surface area (Å²) in [6.45, 7) is 2.29. The van der Waals surface area contributed by atoms with Crippen molar-refractivity contribution in [3.8, 4) is 0 Å². The molecule has 1 saturated heterocycles. The predicted octanol–water partition coefficient (Wildman–Crippen LogP) is 1.65. The first-order chi connectivity index (χ1) is 8.94. The third kappa shape index (κ3) is 2.64. The molecule has 19 heavy (non-hydrogen) atoms. The maximum absolute atomic E-state index is 12.5. The number of benzene rings is 1. The van der Waals surface area contributed by atoms with Crippen LogP contribution in [0, 0.1) is 6.92 Å². The molecule has 1 aromatic rings. The van der Waals surface area contributed by atoms with Crippen LogP contribution in [-0.4, -0.2) is 38.0 Å². The highest BCUT2D eigenvalue weighted by Gasteiger charge is 2.31. The van der Waals surface area contributed by atoms with E-state index in [1.54, 1.807) is 0 Å². The summed E-state index contributed by atoms with van der Waals surface area (Å²) in [5.74, 6) is -1.12. The summed E-state index contributed by atoms with van der Waals surface area (Å²) in [6, 6.07) is 4.34.